The van der Waals surface area contributed by atoms with Crippen molar-refractivity contribution in [2.24, 2.45) is 11.7 Å². The van der Waals surface area contributed by atoms with Crippen molar-refractivity contribution in [1.29, 1.82) is 0 Å². The predicted molar refractivity (Wildman–Crippen MR) is 77.3 cm³/mol. The maximum Gasteiger partial charge on any atom is 0.293 e. The van der Waals surface area contributed by atoms with E-state index in [0.717, 1.165) is 25.7 Å². The van der Waals surface area contributed by atoms with E-state index in [4.69, 9.17) is 5.73 Å². The van der Waals surface area contributed by atoms with Gasteiger partial charge in [0.15, 0.2) is 5.82 Å². The van der Waals surface area contributed by atoms with Crippen LogP contribution in [0, 0.1) is 5.92 Å². The minimum atomic E-state index is -0.0262. The third-order valence-electron chi connectivity index (χ3n) is 3.97. The molecule has 0 aliphatic heterocycles. The summed E-state index contributed by atoms with van der Waals surface area (Å²) in [6, 6.07) is 0.439. The van der Waals surface area contributed by atoms with Crippen LogP contribution in [0.3, 0.4) is 0 Å². The Morgan fingerprint density at radius 2 is 2.16 bits per heavy atom. The van der Waals surface area contributed by atoms with Gasteiger partial charge in [-0.15, -0.1) is 0 Å². The second kappa shape index (κ2) is 6.19. The molecule has 2 rings (SSSR count). The van der Waals surface area contributed by atoms with Crippen LogP contribution in [-0.2, 0) is 0 Å². The molecule has 19 heavy (non-hydrogen) atoms. The third kappa shape index (κ3) is 3.35. The first-order chi connectivity index (χ1) is 9.17. The Labute approximate surface area is 114 Å². The van der Waals surface area contributed by atoms with E-state index < -0.39 is 0 Å². The molecule has 5 nitrogen and oxygen atoms in total. The van der Waals surface area contributed by atoms with E-state index in [9.17, 15) is 4.79 Å². The summed E-state index contributed by atoms with van der Waals surface area (Å²) in [6.45, 7) is 4.90. The third-order valence-corrected chi connectivity index (χ3v) is 3.97. The summed E-state index contributed by atoms with van der Waals surface area (Å²) in [6.07, 6.45) is 7.77. The molecule has 1 aliphatic carbocycles. The van der Waals surface area contributed by atoms with Gasteiger partial charge in [-0.25, -0.2) is 4.98 Å². The van der Waals surface area contributed by atoms with E-state index >= 15 is 0 Å². The molecule has 106 valence electrons. The summed E-state index contributed by atoms with van der Waals surface area (Å²) in [5.74, 6) is 0.915. The summed E-state index contributed by atoms with van der Waals surface area (Å²) in [7, 11) is 0. The highest BCUT2D eigenvalue weighted by Gasteiger charge is 2.25. The molecule has 0 saturated heterocycles. The number of aromatic nitrogens is 2. The normalized spacial score (nSPS) is 16.6. The van der Waals surface area contributed by atoms with Crippen LogP contribution in [-0.4, -0.2) is 22.1 Å². The summed E-state index contributed by atoms with van der Waals surface area (Å²) >= 11 is 0. The second-order valence-electron chi connectivity index (χ2n) is 5.34. The first-order valence-electron chi connectivity index (χ1n) is 7.23. The van der Waals surface area contributed by atoms with E-state index in [-0.39, 0.29) is 11.6 Å². The zero-order valence-corrected chi connectivity index (χ0v) is 11.8. The SMILES string of the molecule is CCC(CC)C(N)CNc1nccn(C2CC2)c1=O. The van der Waals surface area contributed by atoms with Crippen molar-refractivity contribution < 1.29 is 0 Å². The van der Waals surface area contributed by atoms with Crippen molar-refractivity contribution in [3.05, 3.63) is 22.7 Å². The van der Waals surface area contributed by atoms with Crippen LogP contribution in [0.2, 0.25) is 0 Å². The van der Waals surface area contributed by atoms with Crippen LogP contribution in [0.15, 0.2) is 17.2 Å². The van der Waals surface area contributed by atoms with E-state index in [0.29, 0.717) is 24.3 Å². The number of hydrogen-bond donors (Lipinski definition) is 2. The van der Waals surface area contributed by atoms with Gasteiger partial charge in [-0.05, 0) is 18.8 Å². The first-order valence-corrected chi connectivity index (χ1v) is 7.23. The molecule has 1 heterocycles. The molecule has 0 spiro atoms. The van der Waals surface area contributed by atoms with Gasteiger partial charge >= 0.3 is 0 Å². The van der Waals surface area contributed by atoms with Crippen molar-refractivity contribution in [3.8, 4) is 0 Å². The highest BCUT2D eigenvalue weighted by atomic mass is 16.1. The van der Waals surface area contributed by atoms with Gasteiger partial charge in [0, 0.05) is 31.0 Å². The van der Waals surface area contributed by atoms with Crippen LogP contribution >= 0.6 is 0 Å². The molecule has 1 aromatic heterocycles. The molecule has 0 amide bonds. The number of hydrogen-bond acceptors (Lipinski definition) is 4. The number of anilines is 1. The van der Waals surface area contributed by atoms with E-state index in [2.05, 4.69) is 24.1 Å². The minimum Gasteiger partial charge on any atom is -0.364 e. The minimum absolute atomic E-state index is 0.0262. The van der Waals surface area contributed by atoms with E-state index in [1.807, 2.05) is 0 Å². The molecular formula is C14H24N4O. The smallest absolute Gasteiger partial charge is 0.293 e. The lowest BCUT2D eigenvalue weighted by Crippen LogP contribution is -2.37. The molecule has 1 unspecified atom stereocenters. The van der Waals surface area contributed by atoms with Gasteiger partial charge in [-0.1, -0.05) is 26.7 Å². The van der Waals surface area contributed by atoms with Crippen molar-refractivity contribution >= 4 is 5.82 Å². The van der Waals surface area contributed by atoms with Crippen molar-refractivity contribution in [2.75, 3.05) is 11.9 Å². The van der Waals surface area contributed by atoms with Crippen LogP contribution in [0.5, 0.6) is 0 Å². The quantitative estimate of drug-likeness (QED) is 0.787. The summed E-state index contributed by atoms with van der Waals surface area (Å²) in [4.78, 5) is 16.3. The van der Waals surface area contributed by atoms with Crippen LogP contribution in [0.25, 0.3) is 0 Å². The van der Waals surface area contributed by atoms with E-state index in [1.54, 1.807) is 17.0 Å². The van der Waals surface area contributed by atoms with Gasteiger partial charge in [0.2, 0.25) is 0 Å². The Morgan fingerprint density at radius 3 is 2.74 bits per heavy atom. The lowest BCUT2D eigenvalue weighted by Gasteiger charge is -2.21. The van der Waals surface area contributed by atoms with Crippen LogP contribution in [0.1, 0.15) is 45.6 Å². The summed E-state index contributed by atoms with van der Waals surface area (Å²) < 4.78 is 1.78. The van der Waals surface area contributed by atoms with Crippen LogP contribution < -0.4 is 16.6 Å². The fraction of sp³-hybridized carbons (Fsp3) is 0.714. The van der Waals surface area contributed by atoms with Gasteiger partial charge in [0.05, 0.1) is 0 Å². The predicted octanol–water partition coefficient (Wildman–Crippen LogP) is 1.75. The molecule has 3 N–H and O–H groups in total. The van der Waals surface area contributed by atoms with Crippen molar-refractivity contribution in [3.63, 3.8) is 0 Å². The zero-order valence-electron chi connectivity index (χ0n) is 11.8. The molecule has 0 radical (unpaired) electrons. The Hall–Kier alpha value is -1.36. The fourth-order valence-corrected chi connectivity index (χ4v) is 2.46. The van der Waals surface area contributed by atoms with Crippen molar-refractivity contribution in [2.45, 2.75) is 51.6 Å². The molecule has 1 atom stereocenters. The Morgan fingerprint density at radius 1 is 1.47 bits per heavy atom. The molecule has 1 aliphatic rings. The number of rotatable bonds is 7. The van der Waals surface area contributed by atoms with Crippen LogP contribution in [0.4, 0.5) is 5.82 Å². The molecule has 0 aromatic carbocycles. The molecule has 1 saturated carbocycles. The Balaban J connectivity index is 1.99. The van der Waals surface area contributed by atoms with Crippen molar-refractivity contribution in [1.82, 2.24) is 9.55 Å². The van der Waals surface area contributed by atoms with Gasteiger partial charge in [0.25, 0.3) is 5.56 Å². The Bertz CT molecular complexity index is 463. The number of nitrogens with two attached hydrogens (primary N) is 1. The lowest BCUT2D eigenvalue weighted by atomic mass is 9.95. The highest BCUT2D eigenvalue weighted by molar-refractivity contribution is 5.31. The zero-order chi connectivity index (χ0) is 13.8. The van der Waals surface area contributed by atoms with Gasteiger partial charge < -0.3 is 15.6 Å². The molecule has 5 heteroatoms. The first kappa shape index (κ1) is 14.1. The lowest BCUT2D eigenvalue weighted by molar-refractivity contribution is 0.407. The maximum atomic E-state index is 12.2. The average molecular weight is 264 g/mol. The molecule has 0 bridgehead atoms. The summed E-state index contributed by atoms with van der Waals surface area (Å²) in [5.41, 5.74) is 6.12. The standard InChI is InChI=1S/C14H24N4O/c1-3-10(4-2)12(15)9-17-13-14(19)18(8-7-16-13)11-5-6-11/h7-8,10-12H,3-6,9,15H2,1-2H3,(H,16,17). The maximum absolute atomic E-state index is 12.2. The summed E-state index contributed by atoms with van der Waals surface area (Å²) in [5, 5.41) is 3.12. The van der Waals surface area contributed by atoms with Gasteiger partial charge in [-0.2, -0.15) is 0 Å². The highest BCUT2D eigenvalue weighted by Crippen LogP contribution is 2.33. The van der Waals surface area contributed by atoms with E-state index in [1.165, 1.54) is 0 Å². The molecule has 1 aromatic rings. The fourth-order valence-electron chi connectivity index (χ4n) is 2.46. The topological polar surface area (TPSA) is 72.9 Å². The largest absolute Gasteiger partial charge is 0.364 e. The molecule has 1 fully saturated rings. The monoisotopic (exact) mass is 264 g/mol. The average Bonchev–Trinajstić information content (AvgIpc) is 3.23. The van der Waals surface area contributed by atoms with Gasteiger partial charge in [0.1, 0.15) is 0 Å². The number of nitrogens with one attached hydrogen (secondary N) is 1. The van der Waals surface area contributed by atoms with Gasteiger partial charge in [-0.3, -0.25) is 4.79 Å². The second-order valence-corrected chi connectivity index (χ2v) is 5.34. The Kier molecular flexibility index (Phi) is 4.58. The number of nitrogens with zero attached hydrogens (tertiary/aromatic N) is 2. The molecular weight excluding hydrogens is 240 g/mol.